The number of hydrogen-bond acceptors (Lipinski definition) is 5. The summed E-state index contributed by atoms with van der Waals surface area (Å²) in [4.78, 5) is 14.2. The first kappa shape index (κ1) is 20.3. The Bertz CT molecular complexity index is 530. The molecule has 0 bridgehead atoms. The molecule has 136 valence electrons. The molecule has 0 fully saturated rings. The zero-order chi connectivity index (χ0) is 18.2. The maximum atomic E-state index is 12.2. The zero-order valence-corrected chi connectivity index (χ0v) is 15.5. The van der Waals surface area contributed by atoms with Gasteiger partial charge in [-0.15, -0.1) is 0 Å². The molecule has 0 spiro atoms. The summed E-state index contributed by atoms with van der Waals surface area (Å²) in [5.74, 6) is 1.21. The van der Waals surface area contributed by atoms with Crippen LogP contribution in [-0.2, 0) is 11.3 Å². The van der Waals surface area contributed by atoms with Crippen molar-refractivity contribution in [1.82, 2.24) is 10.2 Å². The van der Waals surface area contributed by atoms with Crippen LogP contribution < -0.4 is 20.5 Å². The molecule has 0 saturated carbocycles. The number of carbonyl (C=O) groups is 1. The number of ether oxygens (including phenoxy) is 2. The molecule has 3 N–H and O–H groups in total. The molecule has 6 nitrogen and oxygen atoms in total. The molecule has 1 atom stereocenters. The van der Waals surface area contributed by atoms with Gasteiger partial charge >= 0.3 is 0 Å². The lowest BCUT2D eigenvalue weighted by Gasteiger charge is -2.23. The standard InChI is InChI=1S/C18H31N3O3/c1-6-9-18(2,19)17(22)20-13-14-7-8-15(16(12-14)23-5)24-11-10-21(3)4/h7-8,12H,6,9-11,13,19H2,1-5H3,(H,20,22). The second-order valence-corrected chi connectivity index (χ2v) is 6.49. The van der Waals surface area contributed by atoms with Crippen molar-refractivity contribution < 1.29 is 14.3 Å². The molecule has 1 aromatic rings. The molecule has 0 aliphatic carbocycles. The smallest absolute Gasteiger partial charge is 0.240 e. The quantitative estimate of drug-likeness (QED) is 0.680. The van der Waals surface area contributed by atoms with Crippen molar-refractivity contribution in [1.29, 1.82) is 0 Å². The predicted molar refractivity (Wildman–Crippen MR) is 96.4 cm³/mol. The van der Waals surface area contributed by atoms with E-state index in [0.29, 0.717) is 31.1 Å². The highest BCUT2D eigenvalue weighted by atomic mass is 16.5. The summed E-state index contributed by atoms with van der Waals surface area (Å²) < 4.78 is 11.1. The molecule has 0 aliphatic heterocycles. The summed E-state index contributed by atoms with van der Waals surface area (Å²) in [6, 6.07) is 5.66. The van der Waals surface area contributed by atoms with Crippen LogP contribution in [0, 0.1) is 0 Å². The molecule has 1 amide bonds. The van der Waals surface area contributed by atoms with E-state index in [9.17, 15) is 4.79 Å². The van der Waals surface area contributed by atoms with Crippen molar-refractivity contribution in [3.8, 4) is 11.5 Å². The molecular formula is C18H31N3O3. The Morgan fingerprint density at radius 3 is 2.62 bits per heavy atom. The third kappa shape index (κ3) is 6.37. The van der Waals surface area contributed by atoms with Gasteiger partial charge in [0.15, 0.2) is 11.5 Å². The number of methoxy groups -OCH3 is 1. The fraction of sp³-hybridized carbons (Fsp3) is 0.611. The van der Waals surface area contributed by atoms with Gasteiger partial charge in [0, 0.05) is 13.1 Å². The van der Waals surface area contributed by atoms with Crippen molar-refractivity contribution in [2.24, 2.45) is 5.73 Å². The van der Waals surface area contributed by atoms with Crippen LogP contribution in [0.3, 0.4) is 0 Å². The third-order valence-corrected chi connectivity index (χ3v) is 3.77. The van der Waals surface area contributed by atoms with Gasteiger partial charge < -0.3 is 25.4 Å². The third-order valence-electron chi connectivity index (χ3n) is 3.77. The van der Waals surface area contributed by atoms with Crippen molar-refractivity contribution in [3.63, 3.8) is 0 Å². The number of benzene rings is 1. The summed E-state index contributed by atoms with van der Waals surface area (Å²) in [5.41, 5.74) is 6.13. The van der Waals surface area contributed by atoms with E-state index in [-0.39, 0.29) is 5.91 Å². The van der Waals surface area contributed by atoms with Gasteiger partial charge in [-0.2, -0.15) is 0 Å². The minimum atomic E-state index is -0.839. The molecular weight excluding hydrogens is 306 g/mol. The Kier molecular flexibility index (Phi) is 8.01. The molecule has 6 heteroatoms. The maximum absolute atomic E-state index is 12.2. The average molecular weight is 337 g/mol. The Labute approximate surface area is 145 Å². The summed E-state index contributed by atoms with van der Waals surface area (Å²) in [6.45, 7) is 5.59. The molecule has 1 rings (SSSR count). The van der Waals surface area contributed by atoms with Gasteiger partial charge in [0.25, 0.3) is 0 Å². The van der Waals surface area contributed by atoms with Crippen LogP contribution in [0.1, 0.15) is 32.3 Å². The molecule has 0 aromatic heterocycles. The highest BCUT2D eigenvalue weighted by molar-refractivity contribution is 5.85. The summed E-state index contributed by atoms with van der Waals surface area (Å²) >= 11 is 0. The van der Waals surface area contributed by atoms with E-state index in [1.165, 1.54) is 0 Å². The normalized spacial score (nSPS) is 13.5. The number of hydrogen-bond donors (Lipinski definition) is 2. The Balaban J connectivity index is 2.65. The van der Waals surface area contributed by atoms with E-state index in [0.717, 1.165) is 18.5 Å². The highest BCUT2D eigenvalue weighted by Crippen LogP contribution is 2.28. The van der Waals surface area contributed by atoms with Crippen molar-refractivity contribution in [3.05, 3.63) is 23.8 Å². The molecule has 0 radical (unpaired) electrons. The maximum Gasteiger partial charge on any atom is 0.240 e. The number of nitrogens with two attached hydrogens (primary N) is 1. The second kappa shape index (κ2) is 9.49. The van der Waals surface area contributed by atoms with E-state index in [2.05, 4.69) is 10.2 Å². The number of nitrogens with zero attached hydrogens (tertiary/aromatic N) is 1. The van der Waals surface area contributed by atoms with E-state index >= 15 is 0 Å². The highest BCUT2D eigenvalue weighted by Gasteiger charge is 2.26. The number of nitrogens with one attached hydrogen (secondary N) is 1. The monoisotopic (exact) mass is 337 g/mol. The predicted octanol–water partition coefficient (Wildman–Crippen LogP) is 1.77. The fourth-order valence-electron chi connectivity index (χ4n) is 2.30. The molecule has 1 unspecified atom stereocenters. The van der Waals surface area contributed by atoms with Gasteiger partial charge in [-0.05, 0) is 45.1 Å². The lowest BCUT2D eigenvalue weighted by Crippen LogP contribution is -2.51. The van der Waals surface area contributed by atoms with Crippen LogP contribution in [0.15, 0.2) is 18.2 Å². The largest absolute Gasteiger partial charge is 0.493 e. The van der Waals surface area contributed by atoms with Crippen LogP contribution in [0.25, 0.3) is 0 Å². The average Bonchev–Trinajstić information content (AvgIpc) is 2.52. The van der Waals surface area contributed by atoms with Crippen LogP contribution in [-0.4, -0.2) is 50.7 Å². The van der Waals surface area contributed by atoms with E-state index in [1.807, 2.05) is 39.2 Å². The van der Waals surface area contributed by atoms with Gasteiger partial charge in [0.1, 0.15) is 6.61 Å². The first-order valence-corrected chi connectivity index (χ1v) is 8.31. The molecule has 0 heterocycles. The van der Waals surface area contributed by atoms with E-state index < -0.39 is 5.54 Å². The minimum absolute atomic E-state index is 0.144. The van der Waals surface area contributed by atoms with Crippen molar-refractivity contribution >= 4 is 5.91 Å². The van der Waals surface area contributed by atoms with Gasteiger partial charge in [-0.25, -0.2) is 0 Å². The molecule has 1 aromatic carbocycles. The zero-order valence-electron chi connectivity index (χ0n) is 15.5. The lowest BCUT2D eigenvalue weighted by atomic mass is 9.96. The Morgan fingerprint density at radius 1 is 1.33 bits per heavy atom. The van der Waals surface area contributed by atoms with E-state index in [4.69, 9.17) is 15.2 Å². The number of rotatable bonds is 10. The molecule has 24 heavy (non-hydrogen) atoms. The second-order valence-electron chi connectivity index (χ2n) is 6.49. The van der Waals surface area contributed by atoms with Crippen LogP contribution in [0.2, 0.25) is 0 Å². The Morgan fingerprint density at radius 2 is 2.04 bits per heavy atom. The van der Waals surface area contributed by atoms with Gasteiger partial charge in [0.2, 0.25) is 5.91 Å². The topological polar surface area (TPSA) is 76.8 Å². The first-order valence-electron chi connectivity index (χ1n) is 8.31. The van der Waals surface area contributed by atoms with Crippen LogP contribution in [0.5, 0.6) is 11.5 Å². The van der Waals surface area contributed by atoms with Crippen LogP contribution in [0.4, 0.5) is 0 Å². The Hall–Kier alpha value is -1.79. The number of amides is 1. The fourth-order valence-corrected chi connectivity index (χ4v) is 2.30. The SMILES string of the molecule is CCCC(C)(N)C(=O)NCc1ccc(OCCN(C)C)c(OC)c1. The first-order chi connectivity index (χ1) is 11.3. The van der Waals surface area contributed by atoms with Crippen molar-refractivity contribution in [2.45, 2.75) is 38.8 Å². The number of carbonyl (C=O) groups excluding carboxylic acids is 1. The van der Waals surface area contributed by atoms with Crippen LogP contribution >= 0.6 is 0 Å². The van der Waals surface area contributed by atoms with E-state index in [1.54, 1.807) is 14.0 Å². The number of likely N-dealkylation sites (N-methyl/N-ethyl adjacent to an activating group) is 1. The summed E-state index contributed by atoms with van der Waals surface area (Å²) in [5, 5.41) is 2.89. The van der Waals surface area contributed by atoms with Gasteiger partial charge in [0.05, 0.1) is 12.6 Å². The van der Waals surface area contributed by atoms with Crippen molar-refractivity contribution in [2.75, 3.05) is 34.4 Å². The minimum Gasteiger partial charge on any atom is -0.493 e. The molecule has 0 saturated heterocycles. The summed E-state index contributed by atoms with van der Waals surface area (Å²) in [6.07, 6.45) is 1.52. The van der Waals surface area contributed by atoms with Gasteiger partial charge in [-0.3, -0.25) is 4.79 Å². The molecule has 0 aliphatic rings. The van der Waals surface area contributed by atoms with Gasteiger partial charge in [-0.1, -0.05) is 19.4 Å². The lowest BCUT2D eigenvalue weighted by molar-refractivity contribution is -0.126. The summed E-state index contributed by atoms with van der Waals surface area (Å²) in [7, 11) is 5.60.